The number of carboxylic acid groups (broad SMARTS) is 1. The summed E-state index contributed by atoms with van der Waals surface area (Å²) in [6.45, 7) is 3.55. The van der Waals surface area contributed by atoms with Crippen molar-refractivity contribution in [1.29, 1.82) is 0 Å². The second-order valence-electron chi connectivity index (χ2n) is 11.6. The third-order valence-electron chi connectivity index (χ3n) is 7.74. The molecule has 4 aromatic rings. The Bertz CT molecular complexity index is 1600. The fourth-order valence-electron chi connectivity index (χ4n) is 5.29. The number of amides is 2. The predicted molar refractivity (Wildman–Crippen MR) is 179 cm³/mol. The molecular weight excluding hydrogens is 643 g/mol. The fourth-order valence-corrected chi connectivity index (χ4v) is 5.68. The number of carbonyl (C=O) groups is 3. The number of aliphatic hydroxyl groups excluding tert-OH is 2. The first-order valence-corrected chi connectivity index (χ1v) is 15.7. The number of nitrogens with one attached hydrogen (secondary N) is 2. The van der Waals surface area contributed by atoms with Crippen LogP contribution in [-0.4, -0.2) is 50.3 Å². The van der Waals surface area contributed by atoms with Gasteiger partial charge in [-0.3, -0.25) is 9.59 Å². The molecule has 47 heavy (non-hydrogen) atoms. The van der Waals surface area contributed by atoms with Gasteiger partial charge in [0.05, 0.1) is 0 Å². The number of hydrogen-bond donors (Lipinski definition) is 6. The maximum atomic E-state index is 12.6. The highest BCUT2D eigenvalue weighted by molar-refractivity contribution is 6.31. The first kappa shape index (κ1) is 35.6. The van der Waals surface area contributed by atoms with Gasteiger partial charge in [0, 0.05) is 22.1 Å². The molecule has 4 rings (SSSR count). The fraction of sp³-hybridized carbons (Fsp3) is 0.250. The van der Waals surface area contributed by atoms with Crippen LogP contribution in [0.5, 0.6) is 0 Å². The lowest BCUT2D eigenvalue weighted by Gasteiger charge is -2.25. The molecule has 246 valence electrons. The van der Waals surface area contributed by atoms with Gasteiger partial charge < -0.3 is 31.1 Å². The third-order valence-corrected chi connectivity index (χ3v) is 8.21. The predicted octanol–water partition coefficient (Wildman–Crippen LogP) is 4.88. The first-order valence-electron chi connectivity index (χ1n) is 14.9. The summed E-state index contributed by atoms with van der Waals surface area (Å²) >= 11 is 11.9. The van der Waals surface area contributed by atoms with Crippen molar-refractivity contribution in [3.05, 3.63) is 140 Å². The summed E-state index contributed by atoms with van der Waals surface area (Å²) < 4.78 is 0. The van der Waals surface area contributed by atoms with Crippen molar-refractivity contribution >= 4 is 41.0 Å². The highest BCUT2D eigenvalue weighted by Gasteiger charge is 2.40. The molecule has 0 aliphatic rings. The summed E-state index contributed by atoms with van der Waals surface area (Å²) in [7, 11) is 0. The molecule has 0 saturated heterocycles. The summed E-state index contributed by atoms with van der Waals surface area (Å²) in [5.74, 6) is -2.61. The quantitative estimate of drug-likeness (QED) is 0.118. The van der Waals surface area contributed by atoms with E-state index in [2.05, 4.69) is 10.6 Å². The minimum atomic E-state index is -2.33. The highest BCUT2D eigenvalue weighted by Crippen LogP contribution is 2.31. The Morgan fingerprint density at radius 1 is 0.660 bits per heavy atom. The van der Waals surface area contributed by atoms with E-state index in [4.69, 9.17) is 23.2 Å². The van der Waals surface area contributed by atoms with Crippen LogP contribution in [-0.2, 0) is 32.8 Å². The average molecular weight is 680 g/mol. The van der Waals surface area contributed by atoms with E-state index in [-0.39, 0.29) is 23.2 Å². The van der Waals surface area contributed by atoms with Crippen LogP contribution in [0, 0.1) is 0 Å². The zero-order valence-corrected chi connectivity index (χ0v) is 27.2. The molecule has 4 unspecified atom stereocenters. The number of rotatable bonds is 13. The SMILES string of the molecule is CC(Cc1ccc(C(O)(C(=O)O)c2ccc(CC(C)NC(=O)C(O)c3cccc(Cl)c3)cc2)cc1)NC(=O)C(O)c1cccc(Cl)c1. The smallest absolute Gasteiger partial charge is 0.345 e. The average Bonchev–Trinajstić information content (AvgIpc) is 3.04. The van der Waals surface area contributed by atoms with Gasteiger partial charge in [0.25, 0.3) is 11.8 Å². The van der Waals surface area contributed by atoms with Crippen LogP contribution >= 0.6 is 23.2 Å². The molecule has 0 saturated carbocycles. The molecule has 0 spiro atoms. The Morgan fingerprint density at radius 3 is 1.34 bits per heavy atom. The Labute approximate surface area is 282 Å². The standard InChI is InChI=1S/C36H36Cl2N2O7/c1-21(39-33(43)31(41)25-5-3-7-29(37)19-25)17-23-9-13-27(14-10-23)36(47,35(45)46)28-15-11-24(12-16-28)18-22(2)40-34(44)32(42)26-6-4-8-30(38)20-26/h3-16,19-22,31-32,41-42,47H,17-18H2,1-2H3,(H,39,43)(H,40,44)(H,45,46). The van der Waals surface area contributed by atoms with Gasteiger partial charge in [-0.1, -0.05) is 96.0 Å². The molecule has 0 heterocycles. The van der Waals surface area contributed by atoms with Crippen LogP contribution in [0.3, 0.4) is 0 Å². The van der Waals surface area contributed by atoms with Gasteiger partial charge >= 0.3 is 5.97 Å². The molecule has 6 N–H and O–H groups in total. The Kier molecular flexibility index (Phi) is 11.8. The van der Waals surface area contributed by atoms with Crippen molar-refractivity contribution < 1.29 is 34.8 Å². The lowest BCUT2D eigenvalue weighted by molar-refractivity contribution is -0.155. The minimum Gasteiger partial charge on any atom is -0.479 e. The Morgan fingerprint density at radius 2 is 1.02 bits per heavy atom. The first-order chi connectivity index (χ1) is 22.3. The molecule has 0 radical (unpaired) electrons. The lowest BCUT2D eigenvalue weighted by atomic mass is 9.85. The second-order valence-corrected chi connectivity index (χ2v) is 12.4. The van der Waals surface area contributed by atoms with Crippen molar-refractivity contribution in [1.82, 2.24) is 10.6 Å². The number of halogens is 2. The van der Waals surface area contributed by atoms with Crippen LogP contribution in [0.15, 0.2) is 97.1 Å². The Hall–Kier alpha value is -4.25. The van der Waals surface area contributed by atoms with Crippen molar-refractivity contribution in [3.8, 4) is 0 Å². The zero-order valence-electron chi connectivity index (χ0n) is 25.7. The summed E-state index contributed by atoms with van der Waals surface area (Å²) in [5.41, 5.74) is 0.253. The molecule has 4 aromatic carbocycles. The van der Waals surface area contributed by atoms with Crippen LogP contribution in [0.2, 0.25) is 10.0 Å². The Balaban J connectivity index is 1.37. The van der Waals surface area contributed by atoms with Crippen LogP contribution in [0.1, 0.15) is 59.4 Å². The molecule has 9 nitrogen and oxygen atoms in total. The van der Waals surface area contributed by atoms with Gasteiger partial charge in [-0.25, -0.2) is 4.79 Å². The number of hydrogen-bond acceptors (Lipinski definition) is 6. The van der Waals surface area contributed by atoms with Gasteiger partial charge in [-0.15, -0.1) is 0 Å². The van der Waals surface area contributed by atoms with Crippen LogP contribution < -0.4 is 10.6 Å². The number of carboxylic acids is 1. The molecule has 4 atom stereocenters. The minimum absolute atomic E-state index is 0.144. The van der Waals surface area contributed by atoms with E-state index in [1.807, 2.05) is 0 Å². The summed E-state index contributed by atoms with van der Waals surface area (Å²) in [5, 5.41) is 48.6. The molecule has 0 bridgehead atoms. The van der Waals surface area contributed by atoms with E-state index in [0.29, 0.717) is 34.0 Å². The molecule has 2 amide bonds. The van der Waals surface area contributed by atoms with Gasteiger partial charge in [-0.05, 0) is 84.3 Å². The van der Waals surface area contributed by atoms with Crippen LogP contribution in [0.25, 0.3) is 0 Å². The highest BCUT2D eigenvalue weighted by atomic mass is 35.5. The number of aliphatic hydroxyl groups is 3. The van der Waals surface area contributed by atoms with E-state index in [9.17, 15) is 34.8 Å². The van der Waals surface area contributed by atoms with Crippen molar-refractivity contribution in [2.24, 2.45) is 0 Å². The topological polar surface area (TPSA) is 156 Å². The largest absolute Gasteiger partial charge is 0.479 e. The van der Waals surface area contributed by atoms with Gasteiger partial charge in [-0.2, -0.15) is 0 Å². The van der Waals surface area contributed by atoms with Crippen LogP contribution in [0.4, 0.5) is 0 Å². The molecule has 0 aromatic heterocycles. The number of carbonyl (C=O) groups excluding carboxylic acids is 2. The monoisotopic (exact) mass is 678 g/mol. The molecule has 0 fully saturated rings. The van der Waals surface area contributed by atoms with E-state index >= 15 is 0 Å². The third kappa shape index (κ3) is 8.97. The molecule has 0 aliphatic carbocycles. The van der Waals surface area contributed by atoms with Crippen molar-refractivity contribution in [3.63, 3.8) is 0 Å². The molecular formula is C36H36Cl2N2O7. The normalized spacial score (nSPS) is 15.0. The summed E-state index contributed by atoms with van der Waals surface area (Å²) in [6.07, 6.45) is -1.99. The van der Waals surface area contributed by atoms with Gasteiger partial charge in [0.15, 0.2) is 12.2 Å². The lowest BCUT2D eigenvalue weighted by Crippen LogP contribution is -2.38. The van der Waals surface area contributed by atoms with Crippen molar-refractivity contribution in [2.75, 3.05) is 0 Å². The molecule has 0 aliphatic heterocycles. The van der Waals surface area contributed by atoms with Crippen molar-refractivity contribution in [2.45, 2.75) is 56.6 Å². The second kappa shape index (κ2) is 15.6. The van der Waals surface area contributed by atoms with E-state index < -0.39 is 35.6 Å². The van der Waals surface area contributed by atoms with Gasteiger partial charge in [0.1, 0.15) is 0 Å². The zero-order chi connectivity index (χ0) is 34.3. The number of benzene rings is 4. The summed E-state index contributed by atoms with van der Waals surface area (Å²) in [6, 6.07) is 24.9. The molecule has 11 heteroatoms. The van der Waals surface area contributed by atoms with E-state index in [1.165, 1.54) is 36.4 Å². The van der Waals surface area contributed by atoms with E-state index in [1.54, 1.807) is 74.5 Å². The maximum Gasteiger partial charge on any atom is 0.345 e. The maximum absolute atomic E-state index is 12.6. The number of aliphatic carboxylic acids is 1. The van der Waals surface area contributed by atoms with Gasteiger partial charge in [0.2, 0.25) is 5.60 Å². The van der Waals surface area contributed by atoms with E-state index in [0.717, 1.165) is 11.1 Å². The summed E-state index contributed by atoms with van der Waals surface area (Å²) in [4.78, 5) is 37.5.